The Morgan fingerprint density at radius 1 is 1.12 bits per heavy atom. The first kappa shape index (κ1) is 9.24. The maximum Gasteiger partial charge on any atom is 0.147 e. The van der Waals surface area contributed by atoms with Crippen LogP contribution in [0.2, 0.25) is 0 Å². The molecule has 2 aromatic carbocycles. The summed E-state index contributed by atoms with van der Waals surface area (Å²) in [5, 5.41) is 10.7. The predicted octanol–water partition coefficient (Wildman–Crippen LogP) is 3.03. The number of hydrogen-bond donors (Lipinski definition) is 0. The summed E-state index contributed by atoms with van der Waals surface area (Å²) in [5.74, 6) is 1.92. The molecule has 0 radical (unpaired) electrons. The molecular weight excluding hydrogens is 230 g/mol. The van der Waals surface area contributed by atoms with Crippen molar-refractivity contribution in [2.45, 2.75) is 10.6 Å². The van der Waals surface area contributed by atoms with Gasteiger partial charge in [0.05, 0.1) is 11.4 Å². The molecule has 0 N–H and O–H groups in total. The first-order valence-corrected chi connectivity index (χ1v) is 6.46. The normalized spacial score (nSPS) is 13.4. The van der Waals surface area contributed by atoms with E-state index in [0.717, 1.165) is 11.6 Å². The molecule has 0 saturated carbocycles. The monoisotopic (exact) mass is 239 g/mol. The van der Waals surface area contributed by atoms with Crippen molar-refractivity contribution in [3.8, 4) is 5.69 Å². The Labute approximate surface area is 102 Å². The van der Waals surface area contributed by atoms with E-state index in [2.05, 4.69) is 51.2 Å². The van der Waals surface area contributed by atoms with Crippen molar-refractivity contribution in [1.82, 2.24) is 14.8 Å². The van der Waals surface area contributed by atoms with Gasteiger partial charge in [0.25, 0.3) is 0 Å². The van der Waals surface area contributed by atoms with Gasteiger partial charge in [0.1, 0.15) is 12.2 Å². The topological polar surface area (TPSA) is 30.7 Å². The van der Waals surface area contributed by atoms with E-state index in [0.29, 0.717) is 0 Å². The van der Waals surface area contributed by atoms with Gasteiger partial charge in [-0.15, -0.1) is 22.0 Å². The molecule has 2 heterocycles. The second-order valence-corrected chi connectivity index (χ2v) is 5.03. The zero-order valence-corrected chi connectivity index (χ0v) is 9.81. The molecule has 0 fully saturated rings. The summed E-state index contributed by atoms with van der Waals surface area (Å²) >= 11 is 1.84. The standard InChI is InChI=1S/C13H9N3S/c1-2-4-10-9(3-1)5-6-11-13(10)17-7-12-15-14-8-16(11)12/h1-6,8H,7H2. The molecule has 0 atom stereocenters. The van der Waals surface area contributed by atoms with Gasteiger partial charge in [-0.1, -0.05) is 30.3 Å². The predicted molar refractivity (Wildman–Crippen MR) is 68.4 cm³/mol. The van der Waals surface area contributed by atoms with Crippen LogP contribution in [0, 0.1) is 0 Å². The van der Waals surface area contributed by atoms with Gasteiger partial charge < -0.3 is 0 Å². The molecule has 17 heavy (non-hydrogen) atoms. The highest BCUT2D eigenvalue weighted by Crippen LogP contribution is 2.39. The molecule has 0 bridgehead atoms. The van der Waals surface area contributed by atoms with Gasteiger partial charge in [-0.25, -0.2) is 0 Å². The molecule has 0 saturated heterocycles. The Kier molecular flexibility index (Phi) is 1.82. The van der Waals surface area contributed by atoms with Gasteiger partial charge in [0, 0.05) is 4.90 Å². The summed E-state index contributed by atoms with van der Waals surface area (Å²) < 4.78 is 2.08. The van der Waals surface area contributed by atoms with Crippen molar-refractivity contribution >= 4 is 22.5 Å². The quantitative estimate of drug-likeness (QED) is 0.604. The van der Waals surface area contributed by atoms with Crippen molar-refractivity contribution < 1.29 is 0 Å². The largest absolute Gasteiger partial charge is 0.284 e. The van der Waals surface area contributed by atoms with Crippen LogP contribution >= 0.6 is 11.8 Å². The number of rotatable bonds is 0. The number of thioether (sulfide) groups is 1. The summed E-state index contributed by atoms with van der Waals surface area (Å²) in [6.45, 7) is 0. The van der Waals surface area contributed by atoms with E-state index < -0.39 is 0 Å². The Morgan fingerprint density at radius 3 is 3.06 bits per heavy atom. The van der Waals surface area contributed by atoms with Crippen LogP contribution in [0.3, 0.4) is 0 Å². The van der Waals surface area contributed by atoms with Crippen molar-refractivity contribution in [3.63, 3.8) is 0 Å². The lowest BCUT2D eigenvalue weighted by atomic mass is 10.1. The van der Waals surface area contributed by atoms with E-state index in [1.54, 1.807) is 6.33 Å². The molecule has 4 heteroatoms. The zero-order valence-electron chi connectivity index (χ0n) is 9.00. The molecule has 0 unspecified atom stereocenters. The minimum atomic E-state index is 0.890. The molecule has 1 aromatic heterocycles. The van der Waals surface area contributed by atoms with Crippen LogP contribution in [0.4, 0.5) is 0 Å². The van der Waals surface area contributed by atoms with Gasteiger partial charge in [-0.3, -0.25) is 4.57 Å². The third-order valence-corrected chi connectivity index (χ3v) is 4.20. The van der Waals surface area contributed by atoms with Crippen LogP contribution in [0.1, 0.15) is 5.82 Å². The Balaban J connectivity index is 2.11. The molecule has 3 aromatic rings. The van der Waals surface area contributed by atoms with Crippen LogP contribution in [-0.2, 0) is 5.75 Å². The van der Waals surface area contributed by atoms with E-state index in [1.165, 1.54) is 21.4 Å². The fraction of sp³-hybridized carbons (Fsp3) is 0.0769. The molecule has 82 valence electrons. The number of hydrogen-bond acceptors (Lipinski definition) is 3. The third kappa shape index (κ3) is 1.24. The van der Waals surface area contributed by atoms with E-state index in [4.69, 9.17) is 0 Å². The summed E-state index contributed by atoms with van der Waals surface area (Å²) in [7, 11) is 0. The number of nitrogens with zero attached hydrogens (tertiary/aromatic N) is 3. The van der Waals surface area contributed by atoms with Crippen LogP contribution in [0.25, 0.3) is 16.5 Å². The van der Waals surface area contributed by atoms with Crippen LogP contribution < -0.4 is 0 Å². The lowest BCUT2D eigenvalue weighted by molar-refractivity contribution is 0.924. The smallest absolute Gasteiger partial charge is 0.147 e. The van der Waals surface area contributed by atoms with E-state index in [-0.39, 0.29) is 0 Å². The number of benzene rings is 2. The van der Waals surface area contributed by atoms with Crippen molar-refractivity contribution in [3.05, 3.63) is 48.5 Å². The Hall–Kier alpha value is -1.81. The fourth-order valence-corrected chi connectivity index (χ4v) is 3.39. The number of aromatic nitrogens is 3. The highest BCUT2D eigenvalue weighted by Gasteiger charge is 2.19. The van der Waals surface area contributed by atoms with E-state index in [1.807, 2.05) is 11.8 Å². The van der Waals surface area contributed by atoms with Crippen molar-refractivity contribution in [1.29, 1.82) is 0 Å². The summed E-state index contributed by atoms with van der Waals surface area (Å²) in [4.78, 5) is 1.33. The van der Waals surface area contributed by atoms with Crippen molar-refractivity contribution in [2.75, 3.05) is 0 Å². The maximum atomic E-state index is 4.13. The number of fused-ring (bicyclic) bond motifs is 5. The molecule has 0 spiro atoms. The van der Waals surface area contributed by atoms with Crippen LogP contribution in [0.5, 0.6) is 0 Å². The molecule has 3 nitrogen and oxygen atoms in total. The second kappa shape index (κ2) is 3.34. The second-order valence-electron chi connectivity index (χ2n) is 4.04. The van der Waals surface area contributed by atoms with Gasteiger partial charge in [-0.05, 0) is 16.8 Å². The van der Waals surface area contributed by atoms with Gasteiger partial charge in [0.15, 0.2) is 0 Å². The third-order valence-electron chi connectivity index (χ3n) is 3.08. The Bertz CT molecular complexity index is 718. The molecule has 0 amide bonds. The summed E-state index contributed by atoms with van der Waals surface area (Å²) in [6.07, 6.45) is 1.79. The van der Waals surface area contributed by atoms with Gasteiger partial charge >= 0.3 is 0 Å². The minimum absolute atomic E-state index is 0.890. The highest BCUT2D eigenvalue weighted by molar-refractivity contribution is 7.99. The molecular formula is C13H9N3S. The van der Waals surface area contributed by atoms with Crippen LogP contribution in [-0.4, -0.2) is 14.8 Å². The highest BCUT2D eigenvalue weighted by atomic mass is 32.2. The Morgan fingerprint density at radius 2 is 2.06 bits per heavy atom. The maximum absolute atomic E-state index is 4.13. The lowest BCUT2D eigenvalue weighted by Gasteiger charge is -2.18. The molecule has 1 aliphatic rings. The molecule has 0 aliphatic carbocycles. The van der Waals surface area contributed by atoms with Gasteiger partial charge in [0.2, 0.25) is 0 Å². The fourth-order valence-electron chi connectivity index (χ4n) is 2.27. The first-order chi connectivity index (χ1) is 8.43. The van der Waals surface area contributed by atoms with Crippen molar-refractivity contribution in [2.24, 2.45) is 0 Å². The summed E-state index contributed by atoms with van der Waals surface area (Å²) in [5.41, 5.74) is 1.19. The average molecular weight is 239 g/mol. The summed E-state index contributed by atoms with van der Waals surface area (Å²) in [6, 6.07) is 12.8. The SMILES string of the molecule is c1ccc2c3c(ccc2c1)-n1cnnc1CS3. The first-order valence-electron chi connectivity index (χ1n) is 5.47. The van der Waals surface area contributed by atoms with E-state index in [9.17, 15) is 0 Å². The van der Waals surface area contributed by atoms with Gasteiger partial charge in [-0.2, -0.15) is 0 Å². The molecule has 1 aliphatic heterocycles. The minimum Gasteiger partial charge on any atom is -0.284 e. The zero-order chi connectivity index (χ0) is 11.2. The molecule has 4 rings (SSSR count). The average Bonchev–Trinajstić information content (AvgIpc) is 2.86. The van der Waals surface area contributed by atoms with Crippen LogP contribution in [0.15, 0.2) is 47.6 Å². The van der Waals surface area contributed by atoms with E-state index >= 15 is 0 Å². The lowest BCUT2D eigenvalue weighted by Crippen LogP contribution is -2.05.